The normalized spacial score (nSPS) is 11.4. The Morgan fingerprint density at radius 3 is 2.61 bits per heavy atom. The van der Waals surface area contributed by atoms with Crippen LogP contribution in [0.3, 0.4) is 0 Å². The number of carbonyl (C=O) groups excluding carboxylic acids is 2. The molecular formula is C15H16O3. The van der Waals surface area contributed by atoms with Gasteiger partial charge in [-0.05, 0) is 25.0 Å². The SMILES string of the molecule is C#Cc1ccccc1C[C@H](CC(C)=O)C(=O)OC. The lowest BCUT2D eigenvalue weighted by molar-refractivity contribution is -0.147. The summed E-state index contributed by atoms with van der Waals surface area (Å²) in [5, 5.41) is 0. The minimum absolute atomic E-state index is 0.0383. The van der Waals surface area contributed by atoms with Gasteiger partial charge in [0.2, 0.25) is 0 Å². The third kappa shape index (κ3) is 3.74. The van der Waals surface area contributed by atoms with E-state index in [1.54, 1.807) is 0 Å². The number of hydrogen-bond acceptors (Lipinski definition) is 3. The molecule has 0 aliphatic carbocycles. The number of benzene rings is 1. The van der Waals surface area contributed by atoms with Gasteiger partial charge >= 0.3 is 5.97 Å². The molecule has 0 bridgehead atoms. The largest absolute Gasteiger partial charge is 0.469 e. The average Bonchev–Trinajstić information content (AvgIpc) is 2.37. The number of esters is 1. The number of hydrogen-bond donors (Lipinski definition) is 0. The van der Waals surface area contributed by atoms with Crippen LogP contribution in [0.4, 0.5) is 0 Å². The minimum atomic E-state index is -0.470. The van der Waals surface area contributed by atoms with Gasteiger partial charge in [-0.2, -0.15) is 0 Å². The number of carbonyl (C=O) groups is 2. The predicted molar refractivity (Wildman–Crippen MR) is 68.9 cm³/mol. The molecule has 0 saturated heterocycles. The molecule has 0 spiro atoms. The molecule has 1 aromatic carbocycles. The van der Waals surface area contributed by atoms with Crippen LogP contribution in [0.1, 0.15) is 24.5 Å². The van der Waals surface area contributed by atoms with Crippen molar-refractivity contribution in [2.75, 3.05) is 7.11 Å². The van der Waals surface area contributed by atoms with Crippen LogP contribution in [0.15, 0.2) is 24.3 Å². The van der Waals surface area contributed by atoms with Gasteiger partial charge in [-0.25, -0.2) is 0 Å². The lowest BCUT2D eigenvalue weighted by Gasteiger charge is -2.14. The van der Waals surface area contributed by atoms with Crippen molar-refractivity contribution in [3.05, 3.63) is 35.4 Å². The number of Topliss-reactive ketones (excluding diaryl/α,β-unsaturated/α-hetero) is 1. The quantitative estimate of drug-likeness (QED) is 0.587. The van der Waals surface area contributed by atoms with E-state index in [0.717, 1.165) is 11.1 Å². The highest BCUT2D eigenvalue weighted by Gasteiger charge is 2.22. The number of rotatable bonds is 5. The lowest BCUT2D eigenvalue weighted by Crippen LogP contribution is -2.21. The van der Waals surface area contributed by atoms with E-state index in [-0.39, 0.29) is 18.2 Å². The average molecular weight is 244 g/mol. The fraction of sp³-hybridized carbons (Fsp3) is 0.333. The van der Waals surface area contributed by atoms with Gasteiger partial charge in [0.1, 0.15) is 5.78 Å². The van der Waals surface area contributed by atoms with Crippen molar-refractivity contribution in [1.29, 1.82) is 0 Å². The standard InChI is InChI=1S/C15H16O3/c1-4-12-7-5-6-8-13(12)10-14(9-11(2)16)15(17)18-3/h1,5-8,14H,9-10H2,2-3H3/t14-/m0/s1. The van der Waals surface area contributed by atoms with E-state index < -0.39 is 5.92 Å². The predicted octanol–water partition coefficient (Wildman–Crippen LogP) is 1.98. The first kappa shape index (κ1) is 14.0. The summed E-state index contributed by atoms with van der Waals surface area (Å²) in [5.74, 6) is 1.69. The molecule has 1 rings (SSSR count). The zero-order valence-corrected chi connectivity index (χ0v) is 10.6. The summed E-state index contributed by atoms with van der Waals surface area (Å²) in [7, 11) is 1.32. The molecule has 0 aliphatic rings. The summed E-state index contributed by atoms with van der Waals surface area (Å²) in [6, 6.07) is 7.39. The van der Waals surface area contributed by atoms with E-state index in [9.17, 15) is 9.59 Å². The van der Waals surface area contributed by atoms with Crippen LogP contribution in [0, 0.1) is 18.3 Å². The van der Waals surface area contributed by atoms with E-state index in [1.165, 1.54) is 14.0 Å². The minimum Gasteiger partial charge on any atom is -0.469 e. The second-order valence-corrected chi connectivity index (χ2v) is 4.13. The van der Waals surface area contributed by atoms with E-state index in [0.29, 0.717) is 6.42 Å². The molecular weight excluding hydrogens is 228 g/mol. The highest BCUT2D eigenvalue weighted by atomic mass is 16.5. The van der Waals surface area contributed by atoms with Crippen molar-refractivity contribution in [2.24, 2.45) is 5.92 Å². The van der Waals surface area contributed by atoms with E-state index >= 15 is 0 Å². The summed E-state index contributed by atoms with van der Waals surface area (Å²) < 4.78 is 4.72. The molecule has 0 aliphatic heterocycles. The van der Waals surface area contributed by atoms with Crippen molar-refractivity contribution in [3.8, 4) is 12.3 Å². The molecule has 0 heterocycles. The Labute approximate surface area is 107 Å². The smallest absolute Gasteiger partial charge is 0.309 e. The first-order valence-corrected chi connectivity index (χ1v) is 5.70. The lowest BCUT2D eigenvalue weighted by atomic mass is 9.92. The Hall–Kier alpha value is -2.08. The summed E-state index contributed by atoms with van der Waals surface area (Å²) in [6.07, 6.45) is 6.00. The molecule has 0 radical (unpaired) electrons. The van der Waals surface area contributed by atoms with Crippen molar-refractivity contribution >= 4 is 11.8 Å². The maximum atomic E-state index is 11.6. The van der Waals surface area contributed by atoms with Crippen molar-refractivity contribution in [2.45, 2.75) is 19.8 Å². The fourth-order valence-corrected chi connectivity index (χ4v) is 1.86. The van der Waals surface area contributed by atoms with Crippen LogP contribution in [0.25, 0.3) is 0 Å². The first-order valence-electron chi connectivity index (χ1n) is 5.70. The third-order valence-corrected chi connectivity index (χ3v) is 2.71. The Kier molecular flexibility index (Phi) is 5.13. The Morgan fingerprint density at radius 2 is 2.06 bits per heavy atom. The molecule has 3 nitrogen and oxygen atoms in total. The van der Waals surface area contributed by atoms with Gasteiger partial charge < -0.3 is 9.53 Å². The van der Waals surface area contributed by atoms with Gasteiger partial charge in [0.15, 0.2) is 0 Å². The zero-order valence-electron chi connectivity index (χ0n) is 10.6. The van der Waals surface area contributed by atoms with Gasteiger partial charge in [-0.1, -0.05) is 24.1 Å². The topological polar surface area (TPSA) is 43.4 Å². The molecule has 1 aromatic rings. The number of ether oxygens (including phenoxy) is 1. The summed E-state index contributed by atoms with van der Waals surface area (Å²) in [5.41, 5.74) is 1.63. The van der Waals surface area contributed by atoms with Crippen LogP contribution in [0.2, 0.25) is 0 Å². The molecule has 3 heteroatoms. The zero-order chi connectivity index (χ0) is 13.5. The maximum Gasteiger partial charge on any atom is 0.309 e. The molecule has 0 unspecified atom stereocenters. The highest BCUT2D eigenvalue weighted by Crippen LogP contribution is 2.17. The molecule has 94 valence electrons. The molecule has 0 fully saturated rings. The molecule has 0 aromatic heterocycles. The molecule has 0 amide bonds. The van der Waals surface area contributed by atoms with Gasteiger partial charge in [0.05, 0.1) is 13.0 Å². The monoisotopic (exact) mass is 244 g/mol. The van der Waals surface area contributed by atoms with Gasteiger partial charge in [0.25, 0.3) is 0 Å². The summed E-state index contributed by atoms with van der Waals surface area (Å²) in [4.78, 5) is 22.8. The van der Waals surface area contributed by atoms with Crippen LogP contribution in [0.5, 0.6) is 0 Å². The van der Waals surface area contributed by atoms with Crippen LogP contribution >= 0.6 is 0 Å². The third-order valence-electron chi connectivity index (χ3n) is 2.71. The van der Waals surface area contributed by atoms with Crippen LogP contribution in [-0.2, 0) is 20.7 Å². The van der Waals surface area contributed by atoms with Crippen LogP contribution < -0.4 is 0 Å². The maximum absolute atomic E-state index is 11.6. The summed E-state index contributed by atoms with van der Waals surface area (Å²) in [6.45, 7) is 1.46. The number of terminal acetylenes is 1. The van der Waals surface area contributed by atoms with Gasteiger partial charge in [0, 0.05) is 12.0 Å². The first-order chi connectivity index (χ1) is 8.58. The Balaban J connectivity index is 2.92. The highest BCUT2D eigenvalue weighted by molar-refractivity contribution is 5.83. The van der Waals surface area contributed by atoms with Gasteiger partial charge in [-0.15, -0.1) is 6.42 Å². The number of methoxy groups -OCH3 is 1. The second-order valence-electron chi connectivity index (χ2n) is 4.13. The molecule has 0 saturated carbocycles. The van der Waals surface area contributed by atoms with E-state index in [1.807, 2.05) is 24.3 Å². The molecule has 1 atom stereocenters. The Morgan fingerprint density at radius 1 is 1.39 bits per heavy atom. The second kappa shape index (κ2) is 6.61. The van der Waals surface area contributed by atoms with Crippen molar-refractivity contribution in [3.63, 3.8) is 0 Å². The Bertz CT molecular complexity index is 483. The van der Waals surface area contributed by atoms with Crippen LogP contribution in [-0.4, -0.2) is 18.9 Å². The molecule has 18 heavy (non-hydrogen) atoms. The fourth-order valence-electron chi connectivity index (χ4n) is 1.86. The van der Waals surface area contributed by atoms with Crippen molar-refractivity contribution < 1.29 is 14.3 Å². The van der Waals surface area contributed by atoms with Crippen molar-refractivity contribution in [1.82, 2.24) is 0 Å². The van der Waals surface area contributed by atoms with E-state index in [4.69, 9.17) is 11.2 Å². The molecule has 0 N–H and O–H groups in total. The van der Waals surface area contributed by atoms with E-state index in [2.05, 4.69) is 5.92 Å². The number of ketones is 1. The summed E-state index contributed by atoms with van der Waals surface area (Å²) >= 11 is 0. The van der Waals surface area contributed by atoms with Gasteiger partial charge in [-0.3, -0.25) is 4.79 Å².